The van der Waals surface area contributed by atoms with Crippen molar-refractivity contribution in [3.05, 3.63) is 59.4 Å². The Morgan fingerprint density at radius 2 is 1.75 bits per heavy atom. The van der Waals surface area contributed by atoms with E-state index in [1.807, 2.05) is 12.1 Å². The molecule has 1 aromatic heterocycles. The minimum absolute atomic E-state index is 0.0318. The number of aromatic nitrogens is 1. The van der Waals surface area contributed by atoms with Crippen LogP contribution in [0.15, 0.2) is 53.7 Å². The number of hydrogen-bond donors (Lipinski definition) is 3. The van der Waals surface area contributed by atoms with Gasteiger partial charge in [-0.05, 0) is 55.5 Å². The molecule has 2 aromatic rings. The Kier molecular flexibility index (Phi) is 6.88. The van der Waals surface area contributed by atoms with E-state index in [-0.39, 0.29) is 23.0 Å². The lowest BCUT2D eigenvalue weighted by atomic mass is 9.92. The van der Waals surface area contributed by atoms with Gasteiger partial charge in [0.25, 0.3) is 0 Å². The van der Waals surface area contributed by atoms with Crippen LogP contribution < -0.4 is 15.4 Å². The third-order valence-electron chi connectivity index (χ3n) is 4.70. The summed E-state index contributed by atoms with van der Waals surface area (Å²) in [5.74, 6) is 0. The van der Waals surface area contributed by atoms with E-state index in [9.17, 15) is 13.2 Å². The number of nitrogens with one attached hydrogen (secondary N) is 3. The second-order valence-corrected chi connectivity index (χ2v) is 8.96. The molecule has 0 radical (unpaired) electrons. The summed E-state index contributed by atoms with van der Waals surface area (Å²) in [4.78, 5) is 16.1. The Bertz CT molecular complexity index is 883. The molecule has 0 saturated heterocycles. The maximum absolute atomic E-state index is 12.4. The second kappa shape index (κ2) is 9.36. The Morgan fingerprint density at radius 3 is 2.39 bits per heavy atom. The van der Waals surface area contributed by atoms with Crippen LogP contribution in [0, 0.1) is 0 Å². The van der Waals surface area contributed by atoms with E-state index < -0.39 is 10.0 Å². The highest BCUT2D eigenvalue weighted by molar-refractivity contribution is 7.89. The molecule has 1 aromatic carbocycles. The Hall–Kier alpha value is -2.16. The summed E-state index contributed by atoms with van der Waals surface area (Å²) in [6, 6.07) is 10.1. The number of rotatable bonds is 6. The van der Waals surface area contributed by atoms with E-state index in [0.717, 1.165) is 5.56 Å². The van der Waals surface area contributed by atoms with Crippen molar-refractivity contribution in [1.82, 2.24) is 20.3 Å². The van der Waals surface area contributed by atoms with E-state index >= 15 is 0 Å². The standard InChI is InChI=1S/C19H23ClN4O3S/c20-15-5-3-14(4-6-15)12-22-19(25)23-16-7-9-17(10-8-16)24-28(26,27)18-2-1-11-21-13-18/h1-6,11,13,16-17,24H,7-10,12H2,(H2,22,23,25). The molecule has 0 bridgehead atoms. The fourth-order valence-electron chi connectivity index (χ4n) is 3.17. The molecule has 7 nitrogen and oxygen atoms in total. The number of hydrogen-bond acceptors (Lipinski definition) is 4. The predicted molar refractivity (Wildman–Crippen MR) is 107 cm³/mol. The number of pyridine rings is 1. The smallest absolute Gasteiger partial charge is 0.315 e. The van der Waals surface area contributed by atoms with Gasteiger partial charge in [-0.3, -0.25) is 4.98 Å². The molecule has 0 spiro atoms. The Balaban J connectivity index is 1.41. The summed E-state index contributed by atoms with van der Waals surface area (Å²) < 4.78 is 27.5. The van der Waals surface area contributed by atoms with E-state index in [0.29, 0.717) is 37.3 Å². The zero-order valence-corrected chi connectivity index (χ0v) is 16.8. The van der Waals surface area contributed by atoms with Crippen LogP contribution in [0.2, 0.25) is 5.02 Å². The molecule has 2 amide bonds. The van der Waals surface area contributed by atoms with E-state index in [4.69, 9.17) is 11.6 Å². The molecule has 3 rings (SSSR count). The topological polar surface area (TPSA) is 100 Å². The van der Waals surface area contributed by atoms with Crippen molar-refractivity contribution in [2.75, 3.05) is 0 Å². The van der Waals surface area contributed by atoms with E-state index in [2.05, 4.69) is 20.3 Å². The summed E-state index contributed by atoms with van der Waals surface area (Å²) in [5.41, 5.74) is 0.966. The molecule has 1 aliphatic carbocycles. The molecule has 1 saturated carbocycles. The highest BCUT2D eigenvalue weighted by atomic mass is 35.5. The molecule has 9 heteroatoms. The molecule has 3 N–H and O–H groups in total. The minimum atomic E-state index is -3.56. The Labute approximate surface area is 169 Å². The van der Waals surface area contributed by atoms with Crippen LogP contribution in [0.1, 0.15) is 31.2 Å². The number of sulfonamides is 1. The average molecular weight is 423 g/mol. The Morgan fingerprint density at radius 1 is 1.07 bits per heavy atom. The van der Waals surface area contributed by atoms with Crippen LogP contribution in [0.5, 0.6) is 0 Å². The lowest BCUT2D eigenvalue weighted by Crippen LogP contribution is -2.46. The molecule has 1 fully saturated rings. The fourth-order valence-corrected chi connectivity index (χ4v) is 4.56. The molecular weight excluding hydrogens is 400 g/mol. The number of carbonyl (C=O) groups is 1. The van der Waals surface area contributed by atoms with Gasteiger partial charge in [0.2, 0.25) is 10.0 Å². The van der Waals surface area contributed by atoms with Crippen LogP contribution >= 0.6 is 11.6 Å². The van der Waals surface area contributed by atoms with Gasteiger partial charge in [-0.15, -0.1) is 0 Å². The van der Waals surface area contributed by atoms with Gasteiger partial charge in [-0.1, -0.05) is 23.7 Å². The maximum Gasteiger partial charge on any atom is 0.315 e. The van der Waals surface area contributed by atoms with Crippen LogP contribution in [-0.2, 0) is 16.6 Å². The van der Waals surface area contributed by atoms with Gasteiger partial charge >= 0.3 is 6.03 Å². The second-order valence-electron chi connectivity index (χ2n) is 6.81. The van der Waals surface area contributed by atoms with Gasteiger partial charge in [0.1, 0.15) is 4.90 Å². The maximum atomic E-state index is 12.4. The summed E-state index contributed by atoms with van der Waals surface area (Å²) in [6.45, 7) is 0.420. The first-order valence-corrected chi connectivity index (χ1v) is 11.0. The lowest BCUT2D eigenvalue weighted by Gasteiger charge is -2.29. The molecule has 0 aliphatic heterocycles. The van der Waals surface area contributed by atoms with E-state index in [1.165, 1.54) is 18.5 Å². The predicted octanol–water partition coefficient (Wildman–Crippen LogP) is 2.82. The number of benzene rings is 1. The minimum Gasteiger partial charge on any atom is -0.335 e. The average Bonchev–Trinajstić information content (AvgIpc) is 2.69. The van der Waals surface area contributed by atoms with Crippen LogP contribution in [0.25, 0.3) is 0 Å². The third-order valence-corrected chi connectivity index (χ3v) is 6.45. The summed E-state index contributed by atoms with van der Waals surface area (Å²) in [6.07, 6.45) is 5.64. The van der Waals surface area contributed by atoms with Crippen LogP contribution in [0.4, 0.5) is 4.79 Å². The van der Waals surface area contributed by atoms with Gasteiger partial charge in [0, 0.05) is 36.0 Å². The van der Waals surface area contributed by atoms with Crippen molar-refractivity contribution in [1.29, 1.82) is 0 Å². The monoisotopic (exact) mass is 422 g/mol. The van der Waals surface area contributed by atoms with E-state index in [1.54, 1.807) is 18.2 Å². The fraction of sp³-hybridized carbons (Fsp3) is 0.368. The molecule has 0 unspecified atom stereocenters. The first-order chi connectivity index (χ1) is 13.4. The number of amides is 2. The normalized spacial score (nSPS) is 19.8. The molecule has 150 valence electrons. The lowest BCUT2D eigenvalue weighted by molar-refractivity contribution is 0.230. The first-order valence-electron chi connectivity index (χ1n) is 9.13. The zero-order valence-electron chi connectivity index (χ0n) is 15.3. The number of nitrogens with zero attached hydrogens (tertiary/aromatic N) is 1. The van der Waals surface area contributed by atoms with Gasteiger partial charge in [-0.2, -0.15) is 0 Å². The van der Waals surface area contributed by atoms with Crippen molar-refractivity contribution in [3.63, 3.8) is 0 Å². The first kappa shape index (κ1) is 20.6. The SMILES string of the molecule is O=C(NCc1ccc(Cl)cc1)NC1CCC(NS(=O)(=O)c2cccnc2)CC1. The summed E-state index contributed by atoms with van der Waals surface area (Å²) in [7, 11) is -3.56. The molecule has 1 aliphatic rings. The van der Waals surface area contributed by atoms with Gasteiger partial charge in [0.15, 0.2) is 0 Å². The summed E-state index contributed by atoms with van der Waals surface area (Å²) in [5, 5.41) is 6.43. The van der Waals surface area contributed by atoms with Crippen molar-refractivity contribution >= 4 is 27.7 Å². The van der Waals surface area contributed by atoms with Crippen LogP contribution in [0.3, 0.4) is 0 Å². The summed E-state index contributed by atoms with van der Waals surface area (Å²) >= 11 is 5.84. The zero-order chi connectivity index (χ0) is 20.0. The largest absolute Gasteiger partial charge is 0.335 e. The number of urea groups is 1. The van der Waals surface area contributed by atoms with Gasteiger partial charge < -0.3 is 10.6 Å². The number of carbonyl (C=O) groups excluding carboxylic acids is 1. The molecule has 28 heavy (non-hydrogen) atoms. The van der Waals surface area contributed by atoms with Crippen molar-refractivity contribution in [2.45, 2.75) is 49.2 Å². The third kappa shape index (κ3) is 5.92. The van der Waals surface area contributed by atoms with Crippen LogP contribution in [-0.4, -0.2) is 31.5 Å². The highest BCUT2D eigenvalue weighted by Crippen LogP contribution is 2.20. The van der Waals surface area contributed by atoms with Crippen molar-refractivity contribution in [3.8, 4) is 0 Å². The molecular formula is C19H23ClN4O3S. The highest BCUT2D eigenvalue weighted by Gasteiger charge is 2.26. The molecule has 1 heterocycles. The van der Waals surface area contributed by atoms with Crippen molar-refractivity contribution < 1.29 is 13.2 Å². The van der Waals surface area contributed by atoms with Crippen molar-refractivity contribution in [2.24, 2.45) is 0 Å². The quantitative estimate of drug-likeness (QED) is 0.666. The molecule has 0 atom stereocenters. The van der Waals surface area contributed by atoms with Gasteiger partial charge in [0.05, 0.1) is 0 Å². The van der Waals surface area contributed by atoms with Gasteiger partial charge in [-0.25, -0.2) is 17.9 Å². The number of halogens is 1.